The lowest BCUT2D eigenvalue weighted by molar-refractivity contribution is 0.0954. The third-order valence-electron chi connectivity index (χ3n) is 3.60. The van der Waals surface area contributed by atoms with Crippen molar-refractivity contribution in [2.24, 2.45) is 0 Å². The number of nitrogens with zero attached hydrogens (tertiary/aromatic N) is 4. The molecule has 1 heterocycles. The van der Waals surface area contributed by atoms with E-state index in [0.29, 0.717) is 12.1 Å². The monoisotopic (exact) mass is 307 g/mol. The Morgan fingerprint density at radius 3 is 2.70 bits per heavy atom. The number of rotatable bonds is 5. The summed E-state index contributed by atoms with van der Waals surface area (Å²) in [7, 11) is 0. The molecule has 1 aromatic heterocycles. The van der Waals surface area contributed by atoms with Gasteiger partial charge in [-0.2, -0.15) is 0 Å². The molecule has 0 saturated carbocycles. The fourth-order valence-electron chi connectivity index (χ4n) is 2.39. The van der Waals surface area contributed by atoms with Crippen LogP contribution in [0.25, 0.3) is 5.69 Å². The molecular formula is C17H17N5O. The van der Waals surface area contributed by atoms with Crippen molar-refractivity contribution in [3.63, 3.8) is 0 Å². The fourth-order valence-corrected chi connectivity index (χ4v) is 2.39. The summed E-state index contributed by atoms with van der Waals surface area (Å²) in [6.45, 7) is 2.54. The Balaban J connectivity index is 1.62. The number of aromatic nitrogens is 4. The summed E-state index contributed by atoms with van der Waals surface area (Å²) in [5.41, 5.74) is 3.63. The number of amides is 1. The molecule has 0 aliphatic rings. The van der Waals surface area contributed by atoms with E-state index in [0.717, 1.165) is 17.7 Å². The number of nitrogens with one attached hydrogen (secondary N) is 1. The van der Waals surface area contributed by atoms with Crippen molar-refractivity contribution in [2.75, 3.05) is 6.54 Å². The van der Waals surface area contributed by atoms with Crippen molar-refractivity contribution < 1.29 is 4.79 Å². The van der Waals surface area contributed by atoms with Gasteiger partial charge in [-0.1, -0.05) is 30.3 Å². The minimum Gasteiger partial charge on any atom is -0.352 e. The van der Waals surface area contributed by atoms with Gasteiger partial charge in [-0.25, -0.2) is 4.68 Å². The Morgan fingerprint density at radius 1 is 1.17 bits per heavy atom. The summed E-state index contributed by atoms with van der Waals surface area (Å²) in [4.78, 5) is 12.2. The van der Waals surface area contributed by atoms with Crippen LogP contribution in [-0.4, -0.2) is 32.7 Å². The molecule has 0 spiro atoms. The molecule has 2 aromatic carbocycles. The van der Waals surface area contributed by atoms with E-state index in [2.05, 4.69) is 33.0 Å². The van der Waals surface area contributed by atoms with Crippen LogP contribution >= 0.6 is 0 Å². The first kappa shape index (κ1) is 14.9. The average molecular weight is 307 g/mol. The number of aryl methyl sites for hydroxylation is 1. The maximum Gasteiger partial charge on any atom is 0.251 e. The number of hydrogen-bond donors (Lipinski definition) is 1. The molecule has 0 fully saturated rings. The summed E-state index contributed by atoms with van der Waals surface area (Å²) in [6, 6.07) is 15.6. The second kappa shape index (κ2) is 6.83. The van der Waals surface area contributed by atoms with Crippen molar-refractivity contribution >= 4 is 5.91 Å². The van der Waals surface area contributed by atoms with Gasteiger partial charge in [0, 0.05) is 12.1 Å². The predicted molar refractivity (Wildman–Crippen MR) is 86.4 cm³/mol. The van der Waals surface area contributed by atoms with Gasteiger partial charge in [-0.05, 0) is 53.1 Å². The van der Waals surface area contributed by atoms with Gasteiger partial charge in [-0.3, -0.25) is 4.79 Å². The zero-order chi connectivity index (χ0) is 16.1. The second-order valence-electron chi connectivity index (χ2n) is 5.25. The minimum absolute atomic E-state index is 0.0766. The van der Waals surface area contributed by atoms with Gasteiger partial charge in [0.05, 0.1) is 5.69 Å². The Bertz CT molecular complexity index is 784. The van der Waals surface area contributed by atoms with Crippen LogP contribution in [0.15, 0.2) is 54.9 Å². The van der Waals surface area contributed by atoms with Crippen LogP contribution in [0.1, 0.15) is 21.5 Å². The molecule has 6 heteroatoms. The Hall–Kier alpha value is -3.02. The van der Waals surface area contributed by atoms with Crippen LogP contribution in [0.3, 0.4) is 0 Å². The van der Waals surface area contributed by atoms with E-state index in [4.69, 9.17) is 0 Å². The zero-order valence-corrected chi connectivity index (χ0v) is 12.8. The standard InChI is InChI=1S/C17H17N5O/c1-13-11-15(7-8-16(13)22-12-19-20-21-22)17(23)18-10-9-14-5-3-2-4-6-14/h2-8,11-12H,9-10H2,1H3,(H,18,23). The third kappa shape index (κ3) is 3.60. The van der Waals surface area contributed by atoms with Crippen LogP contribution in [0, 0.1) is 6.92 Å². The van der Waals surface area contributed by atoms with Gasteiger partial charge >= 0.3 is 0 Å². The molecule has 116 valence electrons. The van der Waals surface area contributed by atoms with E-state index in [1.54, 1.807) is 10.7 Å². The van der Waals surface area contributed by atoms with Crippen molar-refractivity contribution in [1.82, 2.24) is 25.5 Å². The van der Waals surface area contributed by atoms with Gasteiger partial charge in [-0.15, -0.1) is 5.10 Å². The number of carbonyl (C=O) groups is 1. The molecule has 3 aromatic rings. The molecule has 1 N–H and O–H groups in total. The smallest absolute Gasteiger partial charge is 0.251 e. The Labute approximate surface area is 134 Å². The van der Waals surface area contributed by atoms with E-state index < -0.39 is 0 Å². The molecule has 0 atom stereocenters. The highest BCUT2D eigenvalue weighted by Crippen LogP contribution is 2.14. The summed E-state index contributed by atoms with van der Waals surface area (Å²) in [6.07, 6.45) is 2.34. The highest BCUT2D eigenvalue weighted by Gasteiger charge is 2.09. The van der Waals surface area contributed by atoms with Crippen LogP contribution in [0.2, 0.25) is 0 Å². The van der Waals surface area contributed by atoms with Crippen LogP contribution in [0.4, 0.5) is 0 Å². The highest BCUT2D eigenvalue weighted by molar-refractivity contribution is 5.94. The normalized spacial score (nSPS) is 10.5. The molecule has 3 rings (SSSR count). The van der Waals surface area contributed by atoms with E-state index in [9.17, 15) is 4.79 Å². The SMILES string of the molecule is Cc1cc(C(=O)NCCc2ccccc2)ccc1-n1cnnn1. The average Bonchev–Trinajstić information content (AvgIpc) is 3.10. The van der Waals surface area contributed by atoms with Crippen molar-refractivity contribution in [3.8, 4) is 5.69 Å². The number of tetrazole rings is 1. The molecule has 0 aliphatic heterocycles. The molecule has 0 saturated heterocycles. The maximum atomic E-state index is 12.2. The molecule has 0 unspecified atom stereocenters. The summed E-state index contributed by atoms with van der Waals surface area (Å²) in [5, 5.41) is 14.0. The molecule has 23 heavy (non-hydrogen) atoms. The topological polar surface area (TPSA) is 72.7 Å². The fraction of sp³-hybridized carbons (Fsp3) is 0.176. The molecular weight excluding hydrogens is 290 g/mol. The maximum absolute atomic E-state index is 12.2. The molecule has 0 radical (unpaired) electrons. The van der Waals surface area contributed by atoms with Gasteiger partial charge in [0.15, 0.2) is 0 Å². The lowest BCUT2D eigenvalue weighted by Crippen LogP contribution is -2.25. The lowest BCUT2D eigenvalue weighted by Gasteiger charge is -2.09. The second-order valence-corrected chi connectivity index (χ2v) is 5.25. The minimum atomic E-state index is -0.0766. The van der Waals surface area contributed by atoms with E-state index in [1.165, 1.54) is 11.9 Å². The largest absolute Gasteiger partial charge is 0.352 e. The van der Waals surface area contributed by atoms with Crippen LogP contribution in [0.5, 0.6) is 0 Å². The van der Waals surface area contributed by atoms with Crippen LogP contribution < -0.4 is 5.32 Å². The third-order valence-corrected chi connectivity index (χ3v) is 3.60. The summed E-state index contributed by atoms with van der Waals surface area (Å²) < 4.78 is 1.58. The quantitative estimate of drug-likeness (QED) is 0.782. The van der Waals surface area contributed by atoms with Crippen molar-refractivity contribution in [3.05, 3.63) is 71.5 Å². The number of carbonyl (C=O) groups excluding carboxylic acids is 1. The van der Waals surface area contributed by atoms with E-state index in [-0.39, 0.29) is 5.91 Å². The molecule has 0 aliphatic carbocycles. The van der Waals surface area contributed by atoms with Crippen LogP contribution in [-0.2, 0) is 6.42 Å². The molecule has 6 nitrogen and oxygen atoms in total. The first-order chi connectivity index (χ1) is 11.2. The van der Waals surface area contributed by atoms with E-state index >= 15 is 0 Å². The van der Waals surface area contributed by atoms with Gasteiger partial charge in [0.25, 0.3) is 5.91 Å². The van der Waals surface area contributed by atoms with Crippen molar-refractivity contribution in [1.29, 1.82) is 0 Å². The van der Waals surface area contributed by atoms with Crippen molar-refractivity contribution in [2.45, 2.75) is 13.3 Å². The van der Waals surface area contributed by atoms with Gasteiger partial charge < -0.3 is 5.32 Å². The summed E-state index contributed by atoms with van der Waals surface area (Å²) >= 11 is 0. The molecule has 0 bridgehead atoms. The first-order valence-electron chi connectivity index (χ1n) is 7.40. The summed E-state index contributed by atoms with van der Waals surface area (Å²) in [5.74, 6) is -0.0766. The zero-order valence-electron chi connectivity index (χ0n) is 12.8. The van der Waals surface area contributed by atoms with Gasteiger partial charge in [0.2, 0.25) is 0 Å². The lowest BCUT2D eigenvalue weighted by atomic mass is 10.1. The van der Waals surface area contributed by atoms with Gasteiger partial charge in [0.1, 0.15) is 6.33 Å². The number of hydrogen-bond acceptors (Lipinski definition) is 4. The first-order valence-corrected chi connectivity index (χ1v) is 7.40. The number of benzene rings is 2. The Morgan fingerprint density at radius 2 is 2.00 bits per heavy atom. The van der Waals surface area contributed by atoms with E-state index in [1.807, 2.05) is 37.3 Å². The molecule has 1 amide bonds. The highest BCUT2D eigenvalue weighted by atomic mass is 16.1. The Kier molecular flexibility index (Phi) is 4.42. The predicted octanol–water partition coefficient (Wildman–Crippen LogP) is 1.94.